The first-order valence-electron chi connectivity index (χ1n) is 10.5. The van der Waals surface area contributed by atoms with E-state index in [0.717, 1.165) is 29.2 Å². The van der Waals surface area contributed by atoms with E-state index in [2.05, 4.69) is 20.6 Å². The summed E-state index contributed by atoms with van der Waals surface area (Å²) in [6.45, 7) is 3.37. The van der Waals surface area contributed by atoms with E-state index in [4.69, 9.17) is 17.3 Å². The highest BCUT2D eigenvalue weighted by atomic mass is 35.5. The second-order valence-corrected chi connectivity index (χ2v) is 8.32. The number of carbonyl (C=O) groups excluding carboxylic acids is 2. The summed E-state index contributed by atoms with van der Waals surface area (Å²) >= 11 is 6.38. The molecule has 0 radical (unpaired) electrons. The molecule has 32 heavy (non-hydrogen) atoms. The van der Waals surface area contributed by atoms with Gasteiger partial charge in [0.15, 0.2) is 0 Å². The minimum absolute atomic E-state index is 0.0970. The Labute approximate surface area is 191 Å². The van der Waals surface area contributed by atoms with Crippen LogP contribution in [0, 0.1) is 0 Å². The van der Waals surface area contributed by atoms with Gasteiger partial charge in [-0.05, 0) is 42.0 Å². The normalized spacial score (nSPS) is 14.4. The van der Waals surface area contributed by atoms with Crippen molar-refractivity contribution in [3.63, 3.8) is 0 Å². The summed E-state index contributed by atoms with van der Waals surface area (Å²) < 4.78 is 0. The fraction of sp³-hybridized carbons (Fsp3) is 0.304. The first-order valence-corrected chi connectivity index (χ1v) is 10.9. The van der Waals surface area contributed by atoms with Gasteiger partial charge in [0, 0.05) is 50.4 Å². The maximum Gasteiger partial charge on any atom is 0.253 e. The monoisotopic (exact) mass is 452 g/mol. The summed E-state index contributed by atoms with van der Waals surface area (Å²) in [6.07, 6.45) is 4.83. The molecule has 1 saturated heterocycles. The highest BCUT2D eigenvalue weighted by molar-refractivity contribution is 6.33. The number of nitrogens with one attached hydrogen (secondary N) is 2. The molecule has 1 aromatic carbocycles. The van der Waals surface area contributed by atoms with E-state index < -0.39 is 0 Å². The number of nitrogens with two attached hydrogens (primary N) is 1. The average Bonchev–Trinajstić information content (AvgIpc) is 2.79. The van der Waals surface area contributed by atoms with Crippen molar-refractivity contribution in [3.8, 4) is 0 Å². The third kappa shape index (κ3) is 4.91. The van der Waals surface area contributed by atoms with E-state index in [1.807, 2.05) is 29.2 Å². The highest BCUT2D eigenvalue weighted by Crippen LogP contribution is 2.24. The maximum absolute atomic E-state index is 12.6. The van der Waals surface area contributed by atoms with Crippen LogP contribution in [0.4, 0.5) is 11.6 Å². The van der Waals surface area contributed by atoms with Crippen molar-refractivity contribution in [2.24, 2.45) is 0 Å². The number of hydrogen-bond acceptors (Lipinski definition) is 6. The zero-order valence-electron chi connectivity index (χ0n) is 17.8. The highest BCUT2D eigenvalue weighted by Gasteiger charge is 2.21. The van der Waals surface area contributed by atoms with Crippen LogP contribution in [0.5, 0.6) is 0 Å². The summed E-state index contributed by atoms with van der Waals surface area (Å²) in [5, 5.41) is 8.46. The molecule has 4 rings (SSSR count). The summed E-state index contributed by atoms with van der Waals surface area (Å²) in [6, 6.07) is 9.48. The van der Waals surface area contributed by atoms with Crippen LogP contribution in [-0.4, -0.2) is 45.8 Å². The van der Waals surface area contributed by atoms with Crippen LogP contribution in [0.1, 0.15) is 35.7 Å². The SMILES string of the molecule is CC(=O)N1CCC(Nc2ncc(C(=O)NCc3ccc4c(N)nccc4c3)cc2Cl)CC1. The molecule has 0 spiro atoms. The van der Waals surface area contributed by atoms with Gasteiger partial charge in [0.25, 0.3) is 5.91 Å². The maximum atomic E-state index is 12.6. The molecule has 0 saturated carbocycles. The lowest BCUT2D eigenvalue weighted by atomic mass is 10.1. The van der Waals surface area contributed by atoms with E-state index >= 15 is 0 Å². The minimum atomic E-state index is -0.255. The lowest BCUT2D eigenvalue weighted by Crippen LogP contribution is -2.41. The van der Waals surface area contributed by atoms with E-state index in [-0.39, 0.29) is 17.9 Å². The van der Waals surface area contributed by atoms with Crippen LogP contribution in [-0.2, 0) is 11.3 Å². The number of likely N-dealkylation sites (tertiary alicyclic amines) is 1. The van der Waals surface area contributed by atoms with E-state index in [0.29, 0.717) is 41.9 Å². The second kappa shape index (κ2) is 9.40. The van der Waals surface area contributed by atoms with Crippen molar-refractivity contribution in [1.82, 2.24) is 20.2 Å². The largest absolute Gasteiger partial charge is 0.383 e. The number of nitrogens with zero attached hydrogens (tertiary/aromatic N) is 3. The fourth-order valence-electron chi connectivity index (χ4n) is 3.85. The van der Waals surface area contributed by atoms with Gasteiger partial charge in [-0.3, -0.25) is 9.59 Å². The minimum Gasteiger partial charge on any atom is -0.383 e. The summed E-state index contributed by atoms with van der Waals surface area (Å²) in [4.78, 5) is 34.3. The second-order valence-electron chi connectivity index (χ2n) is 7.91. The van der Waals surface area contributed by atoms with Gasteiger partial charge in [-0.15, -0.1) is 0 Å². The van der Waals surface area contributed by atoms with Gasteiger partial charge in [-0.2, -0.15) is 0 Å². The summed E-state index contributed by atoms with van der Waals surface area (Å²) in [7, 11) is 0. The smallest absolute Gasteiger partial charge is 0.253 e. The number of rotatable bonds is 5. The number of fused-ring (bicyclic) bond motifs is 1. The molecule has 166 valence electrons. The molecule has 0 unspecified atom stereocenters. The van der Waals surface area contributed by atoms with Crippen LogP contribution >= 0.6 is 11.6 Å². The van der Waals surface area contributed by atoms with Gasteiger partial charge in [0.2, 0.25) is 5.91 Å². The quantitative estimate of drug-likeness (QED) is 0.547. The van der Waals surface area contributed by atoms with Gasteiger partial charge < -0.3 is 21.3 Å². The molecule has 2 amide bonds. The Hall–Kier alpha value is -3.39. The van der Waals surface area contributed by atoms with Crippen molar-refractivity contribution < 1.29 is 9.59 Å². The van der Waals surface area contributed by atoms with Crippen molar-refractivity contribution in [2.45, 2.75) is 32.4 Å². The van der Waals surface area contributed by atoms with Crippen molar-refractivity contribution in [1.29, 1.82) is 0 Å². The molecular weight excluding hydrogens is 428 g/mol. The number of benzene rings is 1. The number of nitrogen functional groups attached to an aromatic ring is 1. The van der Waals surface area contributed by atoms with E-state index in [1.165, 1.54) is 6.20 Å². The average molecular weight is 453 g/mol. The molecule has 0 atom stereocenters. The summed E-state index contributed by atoms with van der Waals surface area (Å²) in [5.74, 6) is 0.872. The van der Waals surface area contributed by atoms with Gasteiger partial charge in [0.1, 0.15) is 11.6 Å². The molecule has 2 aromatic heterocycles. The molecule has 3 heterocycles. The van der Waals surface area contributed by atoms with Crippen LogP contribution in [0.15, 0.2) is 42.7 Å². The predicted octanol–water partition coefficient (Wildman–Crippen LogP) is 3.22. The summed E-state index contributed by atoms with van der Waals surface area (Å²) in [5.41, 5.74) is 7.23. The topological polar surface area (TPSA) is 113 Å². The van der Waals surface area contributed by atoms with Gasteiger partial charge in [-0.25, -0.2) is 9.97 Å². The molecule has 0 bridgehead atoms. The first-order chi connectivity index (χ1) is 15.4. The lowest BCUT2D eigenvalue weighted by molar-refractivity contribution is -0.129. The molecule has 1 fully saturated rings. The number of pyridine rings is 2. The Morgan fingerprint density at radius 1 is 1.19 bits per heavy atom. The number of carbonyl (C=O) groups is 2. The number of piperidine rings is 1. The van der Waals surface area contributed by atoms with Gasteiger partial charge in [0.05, 0.1) is 10.6 Å². The van der Waals surface area contributed by atoms with Gasteiger partial charge in [-0.1, -0.05) is 23.7 Å². The van der Waals surface area contributed by atoms with Crippen molar-refractivity contribution in [2.75, 3.05) is 24.1 Å². The Morgan fingerprint density at radius 2 is 1.97 bits per heavy atom. The number of hydrogen-bond donors (Lipinski definition) is 3. The number of aromatic nitrogens is 2. The van der Waals surface area contributed by atoms with Crippen LogP contribution in [0.3, 0.4) is 0 Å². The zero-order valence-corrected chi connectivity index (χ0v) is 18.5. The Balaban J connectivity index is 1.35. The fourth-order valence-corrected chi connectivity index (χ4v) is 4.07. The molecule has 0 aliphatic carbocycles. The van der Waals surface area contributed by atoms with Gasteiger partial charge >= 0.3 is 0 Å². The predicted molar refractivity (Wildman–Crippen MR) is 125 cm³/mol. The molecule has 8 nitrogen and oxygen atoms in total. The molecular formula is C23H25ClN6O2. The Kier molecular flexibility index (Phi) is 6.41. The zero-order chi connectivity index (χ0) is 22.7. The third-order valence-electron chi connectivity index (χ3n) is 5.70. The number of anilines is 2. The molecule has 1 aliphatic rings. The molecule has 4 N–H and O–H groups in total. The first kappa shape index (κ1) is 21.8. The Morgan fingerprint density at radius 3 is 2.69 bits per heavy atom. The van der Waals surface area contributed by atoms with Crippen molar-refractivity contribution >= 4 is 45.8 Å². The third-order valence-corrected chi connectivity index (χ3v) is 5.99. The molecule has 9 heteroatoms. The molecule has 3 aromatic rings. The van der Waals surface area contributed by atoms with Crippen LogP contribution in [0.25, 0.3) is 10.8 Å². The van der Waals surface area contributed by atoms with Crippen LogP contribution in [0.2, 0.25) is 5.02 Å². The van der Waals surface area contributed by atoms with E-state index in [1.54, 1.807) is 19.2 Å². The number of amides is 2. The molecule has 1 aliphatic heterocycles. The van der Waals surface area contributed by atoms with E-state index in [9.17, 15) is 9.59 Å². The van der Waals surface area contributed by atoms with Crippen LogP contribution < -0.4 is 16.4 Å². The standard InChI is InChI=1S/C23H25ClN6O2/c1-14(31)30-8-5-18(6-9-30)29-22-20(24)11-17(13-27-22)23(32)28-12-15-2-3-19-16(10-15)4-7-26-21(19)25/h2-4,7,10-11,13,18H,5-6,8-9,12H2,1H3,(H2,25,26)(H,27,29)(H,28,32). The lowest BCUT2D eigenvalue weighted by Gasteiger charge is -2.32. The number of halogens is 1. The Bertz CT molecular complexity index is 1160. The van der Waals surface area contributed by atoms with Crippen molar-refractivity contribution in [3.05, 3.63) is 58.9 Å².